The molecule has 1 aromatic carbocycles. The highest BCUT2D eigenvalue weighted by molar-refractivity contribution is 5.39. The molecular formula is C14H19NO2. The van der Waals surface area contributed by atoms with E-state index < -0.39 is 0 Å². The minimum absolute atomic E-state index is 0.111. The Morgan fingerprint density at radius 3 is 3.00 bits per heavy atom. The monoisotopic (exact) mass is 233 g/mol. The average molecular weight is 233 g/mol. The molecule has 3 nitrogen and oxygen atoms in total. The van der Waals surface area contributed by atoms with E-state index in [9.17, 15) is 0 Å². The van der Waals surface area contributed by atoms with Crippen molar-refractivity contribution >= 4 is 0 Å². The summed E-state index contributed by atoms with van der Waals surface area (Å²) in [7, 11) is 2.02. The first-order valence-corrected chi connectivity index (χ1v) is 6.36. The molecule has 1 aromatic rings. The molecule has 0 bridgehead atoms. The third-order valence-corrected chi connectivity index (χ3v) is 3.83. The third kappa shape index (κ3) is 1.94. The molecule has 2 heterocycles. The fraction of sp³-hybridized carbons (Fsp3) is 0.571. The lowest BCUT2D eigenvalue weighted by atomic mass is 9.83. The van der Waals surface area contributed by atoms with Crippen molar-refractivity contribution in [3.63, 3.8) is 0 Å². The Bertz CT molecular complexity index is 399. The van der Waals surface area contributed by atoms with E-state index in [4.69, 9.17) is 9.47 Å². The predicted octanol–water partition coefficient (Wildman–Crippen LogP) is 2.28. The maximum Gasteiger partial charge on any atom is 0.134 e. The van der Waals surface area contributed by atoms with Crippen LogP contribution in [0.1, 0.15) is 30.9 Å². The Labute approximate surface area is 102 Å². The van der Waals surface area contributed by atoms with Gasteiger partial charge in [0, 0.05) is 24.6 Å². The van der Waals surface area contributed by atoms with Crippen molar-refractivity contribution in [1.82, 2.24) is 5.32 Å². The van der Waals surface area contributed by atoms with E-state index in [-0.39, 0.29) is 5.60 Å². The molecule has 2 atom stereocenters. The first-order valence-electron chi connectivity index (χ1n) is 6.36. The third-order valence-electron chi connectivity index (χ3n) is 3.83. The first kappa shape index (κ1) is 11.1. The Hall–Kier alpha value is -1.06. The standard InChI is InChI=1S/C14H19NO2/c1-15-12-9-14(7-4-8-16-10-14)17-13-6-3-2-5-11(12)13/h2-3,5-6,12,15H,4,7-10H2,1H3. The van der Waals surface area contributed by atoms with Gasteiger partial charge in [-0.2, -0.15) is 0 Å². The Morgan fingerprint density at radius 2 is 2.24 bits per heavy atom. The van der Waals surface area contributed by atoms with Gasteiger partial charge in [-0.3, -0.25) is 0 Å². The van der Waals surface area contributed by atoms with Crippen LogP contribution in [0.4, 0.5) is 0 Å². The molecule has 0 amide bonds. The number of para-hydroxylation sites is 1. The highest BCUT2D eigenvalue weighted by Gasteiger charge is 2.41. The first-order chi connectivity index (χ1) is 8.33. The average Bonchev–Trinajstić information content (AvgIpc) is 2.38. The van der Waals surface area contributed by atoms with Gasteiger partial charge in [0.1, 0.15) is 11.4 Å². The maximum absolute atomic E-state index is 6.23. The summed E-state index contributed by atoms with van der Waals surface area (Å²) >= 11 is 0. The van der Waals surface area contributed by atoms with Crippen LogP contribution in [0, 0.1) is 0 Å². The molecule has 3 rings (SSSR count). The van der Waals surface area contributed by atoms with Crippen LogP contribution in [0.25, 0.3) is 0 Å². The normalized spacial score (nSPS) is 31.9. The Morgan fingerprint density at radius 1 is 1.35 bits per heavy atom. The molecule has 2 aliphatic heterocycles. The lowest BCUT2D eigenvalue weighted by Crippen LogP contribution is -2.49. The van der Waals surface area contributed by atoms with Crippen molar-refractivity contribution in [1.29, 1.82) is 0 Å². The van der Waals surface area contributed by atoms with Gasteiger partial charge < -0.3 is 14.8 Å². The van der Waals surface area contributed by atoms with Gasteiger partial charge >= 0.3 is 0 Å². The van der Waals surface area contributed by atoms with Crippen LogP contribution in [-0.2, 0) is 4.74 Å². The van der Waals surface area contributed by atoms with Crippen LogP contribution < -0.4 is 10.1 Å². The molecule has 0 aliphatic carbocycles. The smallest absolute Gasteiger partial charge is 0.134 e. The summed E-state index contributed by atoms with van der Waals surface area (Å²) < 4.78 is 11.8. The number of hydrogen-bond acceptors (Lipinski definition) is 3. The van der Waals surface area contributed by atoms with Gasteiger partial charge in [0.15, 0.2) is 0 Å². The molecule has 1 fully saturated rings. The molecular weight excluding hydrogens is 214 g/mol. The van der Waals surface area contributed by atoms with Crippen LogP contribution in [0.2, 0.25) is 0 Å². The fourth-order valence-corrected chi connectivity index (χ4v) is 2.94. The minimum Gasteiger partial charge on any atom is -0.484 e. The molecule has 0 aromatic heterocycles. The van der Waals surface area contributed by atoms with Gasteiger partial charge in [-0.15, -0.1) is 0 Å². The number of hydrogen-bond donors (Lipinski definition) is 1. The fourth-order valence-electron chi connectivity index (χ4n) is 2.94. The number of ether oxygens (including phenoxy) is 2. The van der Waals surface area contributed by atoms with Crippen molar-refractivity contribution in [2.24, 2.45) is 0 Å². The van der Waals surface area contributed by atoms with Gasteiger partial charge in [-0.25, -0.2) is 0 Å². The Kier molecular flexibility index (Phi) is 2.81. The van der Waals surface area contributed by atoms with Crippen molar-refractivity contribution < 1.29 is 9.47 Å². The van der Waals surface area contributed by atoms with Crippen LogP contribution in [0.3, 0.4) is 0 Å². The number of nitrogens with one attached hydrogen (secondary N) is 1. The number of benzene rings is 1. The minimum atomic E-state index is -0.111. The molecule has 0 radical (unpaired) electrons. The van der Waals surface area contributed by atoms with Crippen LogP contribution in [0.15, 0.2) is 24.3 Å². The van der Waals surface area contributed by atoms with Crippen LogP contribution in [-0.4, -0.2) is 25.9 Å². The second-order valence-electron chi connectivity index (χ2n) is 5.02. The topological polar surface area (TPSA) is 30.5 Å². The molecule has 0 saturated carbocycles. The van der Waals surface area contributed by atoms with Crippen LogP contribution >= 0.6 is 0 Å². The van der Waals surface area contributed by atoms with Crippen molar-refractivity contribution in [3.8, 4) is 5.75 Å². The zero-order valence-electron chi connectivity index (χ0n) is 10.2. The molecule has 2 unspecified atom stereocenters. The highest BCUT2D eigenvalue weighted by atomic mass is 16.5. The Balaban J connectivity index is 1.94. The maximum atomic E-state index is 6.23. The van der Waals surface area contributed by atoms with Gasteiger partial charge in [0.05, 0.1) is 6.61 Å². The van der Waals surface area contributed by atoms with Gasteiger partial charge in [-0.05, 0) is 26.0 Å². The molecule has 1 saturated heterocycles. The number of fused-ring (bicyclic) bond motifs is 1. The second kappa shape index (κ2) is 4.31. The molecule has 1 N–H and O–H groups in total. The van der Waals surface area contributed by atoms with Crippen molar-refractivity contribution in [2.75, 3.05) is 20.3 Å². The summed E-state index contributed by atoms with van der Waals surface area (Å²) in [5.41, 5.74) is 1.16. The van der Waals surface area contributed by atoms with E-state index in [1.54, 1.807) is 0 Å². The van der Waals surface area contributed by atoms with E-state index in [1.807, 2.05) is 13.1 Å². The molecule has 1 spiro atoms. The van der Waals surface area contributed by atoms with Crippen molar-refractivity contribution in [3.05, 3.63) is 29.8 Å². The van der Waals surface area contributed by atoms with Gasteiger partial charge in [0.25, 0.3) is 0 Å². The van der Waals surface area contributed by atoms with E-state index in [0.717, 1.165) is 38.2 Å². The summed E-state index contributed by atoms with van der Waals surface area (Å²) in [4.78, 5) is 0. The lowest BCUT2D eigenvalue weighted by molar-refractivity contribution is -0.0851. The summed E-state index contributed by atoms with van der Waals surface area (Å²) in [5, 5.41) is 3.40. The van der Waals surface area contributed by atoms with Crippen molar-refractivity contribution in [2.45, 2.75) is 30.9 Å². The molecule has 92 valence electrons. The van der Waals surface area contributed by atoms with E-state index in [0.29, 0.717) is 6.04 Å². The largest absolute Gasteiger partial charge is 0.484 e. The number of rotatable bonds is 1. The summed E-state index contributed by atoms with van der Waals surface area (Å²) in [5.74, 6) is 1.02. The predicted molar refractivity (Wildman–Crippen MR) is 66.3 cm³/mol. The summed E-state index contributed by atoms with van der Waals surface area (Å²) in [6, 6.07) is 8.69. The second-order valence-corrected chi connectivity index (χ2v) is 5.02. The zero-order chi connectivity index (χ0) is 11.7. The van der Waals surface area contributed by atoms with Crippen LogP contribution in [0.5, 0.6) is 5.75 Å². The quantitative estimate of drug-likeness (QED) is 0.807. The highest BCUT2D eigenvalue weighted by Crippen LogP contribution is 2.42. The molecule has 3 heteroatoms. The van der Waals surface area contributed by atoms with Gasteiger partial charge in [-0.1, -0.05) is 18.2 Å². The van der Waals surface area contributed by atoms with E-state index in [1.165, 1.54) is 5.56 Å². The molecule has 17 heavy (non-hydrogen) atoms. The SMILES string of the molecule is CNC1CC2(CCCOC2)Oc2ccccc21. The summed E-state index contributed by atoms with van der Waals surface area (Å²) in [6.07, 6.45) is 3.19. The molecule has 2 aliphatic rings. The lowest BCUT2D eigenvalue weighted by Gasteiger charge is -2.44. The summed E-state index contributed by atoms with van der Waals surface area (Å²) in [6.45, 7) is 1.59. The van der Waals surface area contributed by atoms with E-state index >= 15 is 0 Å². The van der Waals surface area contributed by atoms with Gasteiger partial charge in [0.2, 0.25) is 0 Å². The zero-order valence-corrected chi connectivity index (χ0v) is 10.2. The van der Waals surface area contributed by atoms with E-state index in [2.05, 4.69) is 23.5 Å².